The van der Waals surface area contributed by atoms with Crippen molar-refractivity contribution in [2.45, 2.75) is 58.1 Å². The molecular formula is C17H31N3O3. The summed E-state index contributed by atoms with van der Waals surface area (Å²) < 4.78 is 0. The monoisotopic (exact) mass is 325 g/mol. The lowest BCUT2D eigenvalue weighted by atomic mass is 9.98. The fourth-order valence-corrected chi connectivity index (χ4v) is 3.56. The summed E-state index contributed by atoms with van der Waals surface area (Å²) in [5.41, 5.74) is 0. The first-order chi connectivity index (χ1) is 11.0. The molecule has 2 aliphatic rings. The van der Waals surface area contributed by atoms with E-state index in [2.05, 4.69) is 4.90 Å². The second-order valence-corrected chi connectivity index (χ2v) is 6.81. The minimum Gasteiger partial charge on any atom is -0.392 e. The smallest absolute Gasteiger partial charge is 0.224 e. The highest BCUT2D eigenvalue weighted by molar-refractivity contribution is 5.79. The first-order valence-electron chi connectivity index (χ1n) is 8.96. The van der Waals surface area contributed by atoms with Gasteiger partial charge >= 0.3 is 0 Å². The average Bonchev–Trinajstić information content (AvgIpc) is 2.55. The predicted molar refractivity (Wildman–Crippen MR) is 89.0 cm³/mol. The molecule has 0 bridgehead atoms. The van der Waals surface area contributed by atoms with Crippen molar-refractivity contribution in [1.82, 2.24) is 14.7 Å². The van der Waals surface area contributed by atoms with Crippen molar-refractivity contribution in [1.29, 1.82) is 0 Å². The molecule has 0 aromatic heterocycles. The normalized spacial score (nSPS) is 24.6. The lowest BCUT2D eigenvalue weighted by Gasteiger charge is -2.38. The zero-order valence-electron chi connectivity index (χ0n) is 14.5. The van der Waals surface area contributed by atoms with E-state index in [0.29, 0.717) is 13.0 Å². The van der Waals surface area contributed by atoms with Crippen LogP contribution >= 0.6 is 0 Å². The number of nitrogens with zero attached hydrogens (tertiary/aromatic N) is 3. The number of carbonyl (C=O) groups excluding carboxylic acids is 2. The number of β-amino-alcohol motifs (C(OH)–C–C–N with tert-alkyl or cyclic N) is 1. The molecule has 0 radical (unpaired) electrons. The van der Waals surface area contributed by atoms with Gasteiger partial charge in [0.1, 0.15) is 0 Å². The number of rotatable bonds is 5. The van der Waals surface area contributed by atoms with Gasteiger partial charge in [-0.1, -0.05) is 6.92 Å². The topological polar surface area (TPSA) is 64.1 Å². The summed E-state index contributed by atoms with van der Waals surface area (Å²) in [7, 11) is 0. The highest BCUT2D eigenvalue weighted by Crippen LogP contribution is 2.21. The Morgan fingerprint density at radius 3 is 2.43 bits per heavy atom. The molecule has 0 aromatic rings. The van der Waals surface area contributed by atoms with Crippen LogP contribution in [0.25, 0.3) is 0 Å². The van der Waals surface area contributed by atoms with Crippen LogP contribution in [-0.4, -0.2) is 83.0 Å². The van der Waals surface area contributed by atoms with Gasteiger partial charge in [-0.15, -0.1) is 0 Å². The van der Waals surface area contributed by atoms with Crippen molar-refractivity contribution in [2.75, 3.05) is 39.3 Å². The summed E-state index contributed by atoms with van der Waals surface area (Å²) in [5.74, 6) is 0.250. The first-order valence-corrected chi connectivity index (χ1v) is 8.96. The van der Waals surface area contributed by atoms with Gasteiger partial charge in [0.05, 0.1) is 6.10 Å². The number of aliphatic hydroxyl groups is 1. The van der Waals surface area contributed by atoms with E-state index < -0.39 is 0 Å². The van der Waals surface area contributed by atoms with Gasteiger partial charge in [0.15, 0.2) is 0 Å². The van der Waals surface area contributed by atoms with Crippen LogP contribution in [-0.2, 0) is 9.59 Å². The minimum atomic E-state index is -0.274. The molecule has 2 atom stereocenters. The second kappa shape index (κ2) is 8.64. The molecule has 132 valence electrons. The number of hydrogen-bond acceptors (Lipinski definition) is 4. The molecule has 2 fully saturated rings. The molecule has 0 spiro atoms. The van der Waals surface area contributed by atoms with Crippen molar-refractivity contribution in [2.24, 2.45) is 0 Å². The number of aliphatic hydroxyl groups excluding tert-OH is 1. The van der Waals surface area contributed by atoms with E-state index in [0.717, 1.165) is 58.4 Å². The molecule has 23 heavy (non-hydrogen) atoms. The van der Waals surface area contributed by atoms with Crippen LogP contribution in [0.1, 0.15) is 46.0 Å². The Hall–Kier alpha value is -1.14. The van der Waals surface area contributed by atoms with Crippen LogP contribution in [0.5, 0.6) is 0 Å². The zero-order valence-corrected chi connectivity index (χ0v) is 14.5. The molecule has 0 aromatic carbocycles. The maximum Gasteiger partial charge on any atom is 0.224 e. The third-order valence-electron chi connectivity index (χ3n) is 5.11. The first kappa shape index (κ1) is 18.2. The molecule has 0 saturated carbocycles. The van der Waals surface area contributed by atoms with Crippen molar-refractivity contribution in [3.8, 4) is 0 Å². The Morgan fingerprint density at radius 1 is 1.13 bits per heavy atom. The zero-order chi connectivity index (χ0) is 16.8. The Labute approximate surface area is 139 Å². The fraction of sp³-hybridized carbons (Fsp3) is 0.882. The van der Waals surface area contributed by atoms with Gasteiger partial charge in [-0.05, 0) is 25.7 Å². The lowest BCUT2D eigenvalue weighted by Crippen LogP contribution is -2.52. The molecule has 2 heterocycles. The minimum absolute atomic E-state index is 0.0775. The van der Waals surface area contributed by atoms with Crippen molar-refractivity contribution in [3.05, 3.63) is 0 Å². The molecule has 0 unspecified atom stereocenters. The van der Waals surface area contributed by atoms with E-state index in [4.69, 9.17) is 0 Å². The largest absolute Gasteiger partial charge is 0.392 e. The van der Waals surface area contributed by atoms with Crippen LogP contribution in [0.3, 0.4) is 0 Å². The number of likely N-dealkylation sites (tertiary alicyclic amines) is 1. The third-order valence-corrected chi connectivity index (χ3v) is 5.11. The maximum atomic E-state index is 12.5. The SMILES string of the molecule is CC[C@H](O)CN1CCN(C(=O)C[C@@H]2CCCCN2C(C)=O)CC1. The Morgan fingerprint density at radius 2 is 1.83 bits per heavy atom. The number of amides is 2. The summed E-state index contributed by atoms with van der Waals surface area (Å²) >= 11 is 0. The summed E-state index contributed by atoms with van der Waals surface area (Å²) in [6, 6.07) is 0.0775. The molecule has 2 saturated heterocycles. The molecule has 6 heteroatoms. The van der Waals surface area contributed by atoms with Crippen molar-refractivity contribution in [3.63, 3.8) is 0 Å². The number of piperidine rings is 1. The summed E-state index contributed by atoms with van der Waals surface area (Å²) in [6.45, 7) is 8.16. The summed E-state index contributed by atoms with van der Waals surface area (Å²) in [5, 5.41) is 9.72. The molecule has 2 rings (SSSR count). The molecule has 0 aliphatic carbocycles. The lowest BCUT2D eigenvalue weighted by molar-refractivity contribution is -0.138. The number of piperazine rings is 1. The number of carbonyl (C=O) groups is 2. The molecule has 1 N–H and O–H groups in total. The van der Waals surface area contributed by atoms with Crippen LogP contribution in [0.15, 0.2) is 0 Å². The molecular weight excluding hydrogens is 294 g/mol. The van der Waals surface area contributed by atoms with Crippen molar-refractivity contribution >= 4 is 11.8 Å². The highest BCUT2D eigenvalue weighted by atomic mass is 16.3. The van der Waals surface area contributed by atoms with E-state index in [9.17, 15) is 14.7 Å². The highest BCUT2D eigenvalue weighted by Gasteiger charge is 2.29. The standard InChI is InChI=1S/C17H31N3O3/c1-3-16(22)13-18-8-10-19(11-9-18)17(23)12-15-6-4-5-7-20(15)14(2)21/h15-16,22H,3-13H2,1-2H3/t15-,16-/m0/s1. The van der Waals surface area contributed by atoms with Gasteiger partial charge in [-0.3, -0.25) is 14.5 Å². The predicted octanol–water partition coefficient (Wildman–Crippen LogP) is 0.693. The second-order valence-electron chi connectivity index (χ2n) is 6.81. The molecule has 2 aliphatic heterocycles. The van der Waals surface area contributed by atoms with E-state index >= 15 is 0 Å². The fourth-order valence-electron chi connectivity index (χ4n) is 3.56. The van der Waals surface area contributed by atoms with Gasteiger partial charge in [0.25, 0.3) is 0 Å². The summed E-state index contributed by atoms with van der Waals surface area (Å²) in [4.78, 5) is 30.3. The Kier molecular flexibility index (Phi) is 6.84. The third kappa shape index (κ3) is 5.18. The molecule has 6 nitrogen and oxygen atoms in total. The van der Waals surface area contributed by atoms with E-state index in [1.807, 2.05) is 16.7 Å². The van der Waals surface area contributed by atoms with Gasteiger partial charge in [0, 0.05) is 58.7 Å². The van der Waals surface area contributed by atoms with Gasteiger partial charge < -0.3 is 14.9 Å². The number of hydrogen-bond donors (Lipinski definition) is 1. The summed E-state index contributed by atoms with van der Waals surface area (Å²) in [6.07, 6.45) is 4.03. The van der Waals surface area contributed by atoms with Crippen LogP contribution in [0, 0.1) is 0 Å². The van der Waals surface area contributed by atoms with Gasteiger partial charge in [-0.2, -0.15) is 0 Å². The average molecular weight is 325 g/mol. The van der Waals surface area contributed by atoms with E-state index in [1.165, 1.54) is 0 Å². The molecule has 2 amide bonds. The van der Waals surface area contributed by atoms with Crippen LogP contribution < -0.4 is 0 Å². The maximum absolute atomic E-state index is 12.5. The van der Waals surface area contributed by atoms with E-state index in [1.54, 1.807) is 6.92 Å². The van der Waals surface area contributed by atoms with Crippen molar-refractivity contribution < 1.29 is 14.7 Å². The van der Waals surface area contributed by atoms with E-state index in [-0.39, 0.29) is 24.0 Å². The van der Waals surface area contributed by atoms with Gasteiger partial charge in [0.2, 0.25) is 11.8 Å². The van der Waals surface area contributed by atoms with Crippen LogP contribution in [0.4, 0.5) is 0 Å². The van der Waals surface area contributed by atoms with Crippen LogP contribution in [0.2, 0.25) is 0 Å². The Bertz CT molecular complexity index is 408. The Balaban J connectivity index is 1.79. The quantitative estimate of drug-likeness (QED) is 0.808. The van der Waals surface area contributed by atoms with Gasteiger partial charge in [-0.25, -0.2) is 0 Å².